The molecule has 140 valence electrons. The predicted molar refractivity (Wildman–Crippen MR) is 108 cm³/mol. The molecule has 1 heterocycles. The third-order valence-corrected chi connectivity index (χ3v) is 4.13. The summed E-state index contributed by atoms with van der Waals surface area (Å²) in [7, 11) is 3.20. The number of anilines is 4. The second kappa shape index (κ2) is 8.27. The SMILES string of the molecule is COc1ccc(Nc2ncnc(NCc3ccc(C)cc3)c2N)c(OC)c1. The maximum absolute atomic E-state index is 6.25. The van der Waals surface area contributed by atoms with Crippen LogP contribution in [0.25, 0.3) is 0 Å². The zero-order chi connectivity index (χ0) is 19.2. The number of benzene rings is 2. The summed E-state index contributed by atoms with van der Waals surface area (Å²) in [5, 5.41) is 6.45. The van der Waals surface area contributed by atoms with Gasteiger partial charge in [-0.3, -0.25) is 0 Å². The van der Waals surface area contributed by atoms with Crippen LogP contribution in [0.2, 0.25) is 0 Å². The largest absolute Gasteiger partial charge is 0.497 e. The molecule has 0 saturated carbocycles. The van der Waals surface area contributed by atoms with E-state index in [-0.39, 0.29) is 0 Å². The van der Waals surface area contributed by atoms with Crippen molar-refractivity contribution >= 4 is 23.0 Å². The van der Waals surface area contributed by atoms with Crippen LogP contribution < -0.4 is 25.8 Å². The Labute approximate surface area is 158 Å². The minimum atomic E-state index is 0.433. The third-order valence-electron chi connectivity index (χ3n) is 4.13. The lowest BCUT2D eigenvalue weighted by molar-refractivity contribution is 0.395. The second-order valence-corrected chi connectivity index (χ2v) is 6.01. The molecule has 0 saturated heterocycles. The molecule has 0 aliphatic rings. The fourth-order valence-electron chi connectivity index (χ4n) is 2.56. The molecule has 0 amide bonds. The lowest BCUT2D eigenvalue weighted by atomic mass is 10.1. The van der Waals surface area contributed by atoms with Gasteiger partial charge in [0.25, 0.3) is 0 Å². The van der Waals surface area contributed by atoms with Gasteiger partial charge in [-0.2, -0.15) is 0 Å². The molecule has 0 aliphatic carbocycles. The fraction of sp³-hybridized carbons (Fsp3) is 0.200. The molecule has 7 heteroatoms. The van der Waals surface area contributed by atoms with Gasteiger partial charge < -0.3 is 25.8 Å². The lowest BCUT2D eigenvalue weighted by Gasteiger charge is -2.15. The van der Waals surface area contributed by atoms with Crippen LogP contribution >= 0.6 is 0 Å². The number of hydrogen-bond acceptors (Lipinski definition) is 7. The standard InChI is InChI=1S/C20H23N5O2/c1-13-4-6-14(7-5-13)11-22-19-18(21)20(24-12-23-19)25-16-9-8-15(26-2)10-17(16)27-3/h4-10,12H,11,21H2,1-3H3,(H2,22,23,24,25). The average Bonchev–Trinajstić information content (AvgIpc) is 2.70. The van der Waals surface area contributed by atoms with Crippen LogP contribution in [0.4, 0.5) is 23.0 Å². The molecule has 3 rings (SSSR count). The number of aromatic nitrogens is 2. The summed E-state index contributed by atoms with van der Waals surface area (Å²) in [5.41, 5.74) is 9.78. The maximum Gasteiger partial charge on any atom is 0.159 e. The minimum Gasteiger partial charge on any atom is -0.497 e. The van der Waals surface area contributed by atoms with E-state index in [0.717, 1.165) is 11.3 Å². The maximum atomic E-state index is 6.25. The highest BCUT2D eigenvalue weighted by molar-refractivity contribution is 5.79. The number of rotatable bonds is 7. The van der Waals surface area contributed by atoms with Crippen molar-refractivity contribution in [2.75, 3.05) is 30.6 Å². The average molecular weight is 365 g/mol. The van der Waals surface area contributed by atoms with Crippen molar-refractivity contribution in [3.05, 3.63) is 59.9 Å². The number of hydrogen-bond donors (Lipinski definition) is 3. The van der Waals surface area contributed by atoms with Gasteiger partial charge in [-0.05, 0) is 24.6 Å². The highest BCUT2D eigenvalue weighted by atomic mass is 16.5. The molecule has 2 aromatic carbocycles. The van der Waals surface area contributed by atoms with Crippen LogP contribution in [0.1, 0.15) is 11.1 Å². The summed E-state index contributed by atoms with van der Waals surface area (Å²) < 4.78 is 10.6. The molecule has 0 bridgehead atoms. The van der Waals surface area contributed by atoms with E-state index in [2.05, 4.69) is 51.8 Å². The Morgan fingerprint density at radius 2 is 1.70 bits per heavy atom. The van der Waals surface area contributed by atoms with Gasteiger partial charge in [-0.15, -0.1) is 0 Å². The van der Waals surface area contributed by atoms with Crippen molar-refractivity contribution in [1.82, 2.24) is 9.97 Å². The summed E-state index contributed by atoms with van der Waals surface area (Å²) in [4.78, 5) is 8.49. The van der Waals surface area contributed by atoms with E-state index < -0.39 is 0 Å². The number of methoxy groups -OCH3 is 2. The normalized spacial score (nSPS) is 10.3. The smallest absolute Gasteiger partial charge is 0.159 e. The molecule has 4 N–H and O–H groups in total. The Bertz CT molecular complexity index is 913. The fourth-order valence-corrected chi connectivity index (χ4v) is 2.56. The molecule has 1 aromatic heterocycles. The van der Waals surface area contributed by atoms with Gasteiger partial charge >= 0.3 is 0 Å². The molecule has 0 aliphatic heterocycles. The van der Waals surface area contributed by atoms with Crippen molar-refractivity contribution in [3.63, 3.8) is 0 Å². The highest BCUT2D eigenvalue weighted by Gasteiger charge is 2.11. The molecule has 0 unspecified atom stereocenters. The summed E-state index contributed by atoms with van der Waals surface area (Å²) >= 11 is 0. The number of nitrogen functional groups attached to an aromatic ring is 1. The van der Waals surface area contributed by atoms with Crippen LogP contribution in [0.5, 0.6) is 11.5 Å². The van der Waals surface area contributed by atoms with Gasteiger partial charge in [0, 0.05) is 12.6 Å². The van der Waals surface area contributed by atoms with Gasteiger partial charge in [0.05, 0.1) is 19.9 Å². The first-order valence-electron chi connectivity index (χ1n) is 8.49. The quantitative estimate of drug-likeness (QED) is 0.587. The van der Waals surface area contributed by atoms with E-state index in [9.17, 15) is 0 Å². The van der Waals surface area contributed by atoms with Crippen LogP contribution in [0.15, 0.2) is 48.8 Å². The predicted octanol–water partition coefficient (Wildman–Crippen LogP) is 3.74. The van der Waals surface area contributed by atoms with Crippen LogP contribution in [0, 0.1) is 6.92 Å². The lowest BCUT2D eigenvalue weighted by Crippen LogP contribution is -2.08. The Morgan fingerprint density at radius 3 is 2.41 bits per heavy atom. The number of nitrogens with two attached hydrogens (primary N) is 1. The zero-order valence-electron chi connectivity index (χ0n) is 15.6. The van der Waals surface area contributed by atoms with Gasteiger partial charge in [-0.1, -0.05) is 29.8 Å². The molecule has 3 aromatic rings. The van der Waals surface area contributed by atoms with Gasteiger partial charge in [-0.25, -0.2) is 9.97 Å². The molecule has 27 heavy (non-hydrogen) atoms. The van der Waals surface area contributed by atoms with E-state index in [4.69, 9.17) is 15.2 Å². The molecule has 0 radical (unpaired) electrons. The van der Waals surface area contributed by atoms with Crippen molar-refractivity contribution in [2.24, 2.45) is 0 Å². The summed E-state index contributed by atoms with van der Waals surface area (Å²) in [6, 6.07) is 13.8. The van der Waals surface area contributed by atoms with Crippen LogP contribution in [0.3, 0.4) is 0 Å². The van der Waals surface area contributed by atoms with Crippen LogP contribution in [-0.4, -0.2) is 24.2 Å². The summed E-state index contributed by atoms with van der Waals surface area (Å²) in [6.07, 6.45) is 1.46. The van der Waals surface area contributed by atoms with Crippen molar-refractivity contribution < 1.29 is 9.47 Å². The molecular formula is C20H23N5O2. The Kier molecular flexibility index (Phi) is 5.61. The molecule has 0 atom stereocenters. The van der Waals surface area contributed by atoms with Crippen molar-refractivity contribution in [1.29, 1.82) is 0 Å². The molecule has 0 fully saturated rings. The minimum absolute atomic E-state index is 0.433. The van der Waals surface area contributed by atoms with Gasteiger partial charge in [0.1, 0.15) is 23.5 Å². The van der Waals surface area contributed by atoms with Crippen molar-refractivity contribution in [2.45, 2.75) is 13.5 Å². The summed E-state index contributed by atoms with van der Waals surface area (Å²) in [6.45, 7) is 2.68. The Hall–Kier alpha value is -3.48. The monoisotopic (exact) mass is 365 g/mol. The van der Waals surface area contributed by atoms with Gasteiger partial charge in [0.2, 0.25) is 0 Å². The summed E-state index contributed by atoms with van der Waals surface area (Å²) in [5.74, 6) is 2.40. The van der Waals surface area contributed by atoms with E-state index in [1.807, 2.05) is 12.1 Å². The topological polar surface area (TPSA) is 94.3 Å². The number of ether oxygens (including phenoxy) is 2. The van der Waals surface area contributed by atoms with Crippen molar-refractivity contribution in [3.8, 4) is 11.5 Å². The van der Waals surface area contributed by atoms with Crippen LogP contribution in [-0.2, 0) is 6.54 Å². The molecular weight excluding hydrogens is 342 g/mol. The van der Waals surface area contributed by atoms with E-state index >= 15 is 0 Å². The Balaban J connectivity index is 1.77. The van der Waals surface area contributed by atoms with E-state index in [0.29, 0.717) is 35.4 Å². The molecule has 0 spiro atoms. The Morgan fingerprint density at radius 1 is 0.963 bits per heavy atom. The zero-order valence-corrected chi connectivity index (χ0v) is 15.6. The first-order chi connectivity index (χ1) is 13.1. The number of nitrogens with zero attached hydrogens (tertiary/aromatic N) is 2. The molecule has 7 nitrogen and oxygen atoms in total. The van der Waals surface area contributed by atoms with E-state index in [1.165, 1.54) is 11.9 Å². The first kappa shape index (κ1) is 18.3. The highest BCUT2D eigenvalue weighted by Crippen LogP contribution is 2.33. The number of aryl methyl sites for hydroxylation is 1. The van der Waals surface area contributed by atoms with Gasteiger partial charge in [0.15, 0.2) is 11.6 Å². The van der Waals surface area contributed by atoms with E-state index in [1.54, 1.807) is 20.3 Å². The first-order valence-corrected chi connectivity index (χ1v) is 8.49. The second-order valence-electron chi connectivity index (χ2n) is 6.01. The number of nitrogens with one attached hydrogen (secondary N) is 2. The third kappa shape index (κ3) is 4.38.